The van der Waals surface area contributed by atoms with Gasteiger partial charge in [-0.3, -0.25) is 0 Å². The van der Waals surface area contributed by atoms with Crippen LogP contribution in [-0.2, 0) is 19.5 Å². The van der Waals surface area contributed by atoms with Crippen LogP contribution < -0.4 is 12.4 Å². The first-order chi connectivity index (χ1) is 5.79. The van der Waals surface area contributed by atoms with Crippen molar-refractivity contribution in [1.82, 2.24) is 0 Å². The Bertz CT molecular complexity index is 371. The fraction of sp³-hybridized carbons (Fsp3) is 0. The number of hydrogen-bond donors (Lipinski definition) is 0. The van der Waals surface area contributed by atoms with E-state index in [0.29, 0.717) is 10.1 Å². The molecule has 0 saturated carbocycles. The zero-order valence-electron chi connectivity index (χ0n) is 7.23. The van der Waals surface area contributed by atoms with E-state index >= 15 is 0 Å². The van der Waals surface area contributed by atoms with E-state index in [1.807, 2.05) is 30.4 Å². The summed E-state index contributed by atoms with van der Waals surface area (Å²) in [6.07, 6.45) is 9.66. The molecule has 0 N–H and O–H groups in total. The molecule has 0 fully saturated rings. The third-order valence-corrected chi connectivity index (χ3v) is 2.33. The van der Waals surface area contributed by atoms with Crippen LogP contribution >= 0.6 is 23.2 Å². The van der Waals surface area contributed by atoms with Gasteiger partial charge in [0.1, 0.15) is 0 Å². The minimum Gasteiger partial charge on any atom is -1.00 e. The van der Waals surface area contributed by atoms with Crippen LogP contribution in [-0.4, -0.2) is 0 Å². The smallest absolute Gasteiger partial charge is 0.0882 e. The van der Waals surface area contributed by atoms with Crippen LogP contribution in [0.25, 0.3) is 0 Å². The van der Waals surface area contributed by atoms with Gasteiger partial charge in [-0.05, 0) is 5.57 Å². The average molecular weight is 297 g/mol. The molecule has 4 heteroatoms. The Balaban J connectivity index is 0.000000845. The Morgan fingerprint density at radius 2 is 1.71 bits per heavy atom. The van der Waals surface area contributed by atoms with Crippen molar-refractivity contribution in [2.45, 2.75) is 0 Å². The molecule has 0 aromatic rings. The van der Waals surface area contributed by atoms with Gasteiger partial charge in [-0.25, -0.2) is 0 Å². The molecule has 0 unspecified atom stereocenters. The van der Waals surface area contributed by atoms with E-state index < -0.39 is 0 Å². The molecule has 0 aromatic heterocycles. The van der Waals surface area contributed by atoms with Crippen LogP contribution in [0.15, 0.2) is 51.7 Å². The first-order valence-electron chi connectivity index (χ1n) is 3.54. The van der Waals surface area contributed by atoms with Crippen LogP contribution in [0, 0.1) is 5.92 Å². The minimum atomic E-state index is 0. The largest absolute Gasteiger partial charge is 1.00 e. The molecule has 2 aliphatic rings. The van der Waals surface area contributed by atoms with Gasteiger partial charge in [-0.2, -0.15) is 0 Å². The number of rotatable bonds is 0. The van der Waals surface area contributed by atoms with Gasteiger partial charge in [0.05, 0.1) is 16.0 Å². The maximum absolute atomic E-state index is 5.90. The molecule has 0 spiro atoms. The zero-order valence-corrected chi connectivity index (χ0v) is 12.5. The molecule has 14 heavy (non-hydrogen) atoms. The summed E-state index contributed by atoms with van der Waals surface area (Å²) in [5.74, 6) is 0.951. The predicted octanol–water partition coefficient (Wildman–Crippen LogP) is 0.473. The van der Waals surface area contributed by atoms with Gasteiger partial charge in [0.25, 0.3) is 0 Å². The fourth-order valence-electron chi connectivity index (χ4n) is 1.16. The minimum absolute atomic E-state index is 0. The molecule has 2 rings (SSSR count). The molecule has 1 radical (unpaired) electrons. The maximum Gasteiger partial charge on any atom is 0.0882 e. The van der Waals surface area contributed by atoms with Crippen LogP contribution in [0.4, 0.5) is 0 Å². The van der Waals surface area contributed by atoms with Crippen molar-refractivity contribution >= 4 is 23.2 Å². The Hall–Kier alpha value is 0.233. The summed E-state index contributed by atoms with van der Waals surface area (Å²) in [7, 11) is 0. The van der Waals surface area contributed by atoms with E-state index in [1.54, 1.807) is 0 Å². The van der Waals surface area contributed by atoms with Gasteiger partial charge in [-0.1, -0.05) is 59.3 Å². The number of hydrogen-bond acceptors (Lipinski definition) is 0. The fourth-order valence-corrected chi connectivity index (χ4v) is 1.73. The Labute approximate surface area is 112 Å². The second-order valence-corrected chi connectivity index (χ2v) is 3.25. The van der Waals surface area contributed by atoms with Crippen molar-refractivity contribution in [2.75, 3.05) is 0 Å². The van der Waals surface area contributed by atoms with E-state index in [1.165, 1.54) is 0 Å². The third kappa shape index (κ3) is 2.63. The summed E-state index contributed by atoms with van der Waals surface area (Å²) in [4.78, 5) is 0. The van der Waals surface area contributed by atoms with Gasteiger partial charge in [0.15, 0.2) is 0 Å². The summed E-state index contributed by atoms with van der Waals surface area (Å²) in [5.41, 5.74) is 3.81. The monoisotopic (exact) mass is 294 g/mol. The summed E-state index contributed by atoms with van der Waals surface area (Å²) in [6.45, 7) is 0. The van der Waals surface area contributed by atoms with E-state index in [2.05, 4.69) is 5.73 Å². The molecular weight excluding hydrogens is 292 g/mol. The zero-order chi connectivity index (χ0) is 8.55. The molecule has 0 amide bonds. The van der Waals surface area contributed by atoms with Crippen molar-refractivity contribution in [3.8, 4) is 0 Å². The van der Waals surface area contributed by atoms with Gasteiger partial charge in [0.2, 0.25) is 0 Å². The van der Waals surface area contributed by atoms with E-state index in [9.17, 15) is 0 Å². The Kier molecular flexibility index (Phi) is 6.06. The van der Waals surface area contributed by atoms with Gasteiger partial charge >= 0.3 is 0 Å². The van der Waals surface area contributed by atoms with Gasteiger partial charge in [0, 0.05) is 19.5 Å². The van der Waals surface area contributed by atoms with Crippen LogP contribution in [0.1, 0.15) is 0 Å². The van der Waals surface area contributed by atoms with Crippen molar-refractivity contribution in [3.05, 3.63) is 57.7 Å². The first kappa shape index (κ1) is 14.2. The van der Waals surface area contributed by atoms with E-state index in [0.717, 1.165) is 11.5 Å². The molecule has 0 bridgehead atoms. The van der Waals surface area contributed by atoms with Crippen LogP contribution in [0.2, 0.25) is 0 Å². The molecule has 0 atom stereocenters. The molecule has 0 nitrogen and oxygen atoms in total. The van der Waals surface area contributed by atoms with E-state index in [-0.39, 0.29) is 31.9 Å². The number of halogens is 3. The topological polar surface area (TPSA) is 0 Å². The maximum atomic E-state index is 5.90. The molecule has 69 valence electrons. The number of fused-ring (bicyclic) bond motifs is 1. The second kappa shape index (κ2) is 5.96. The molecule has 2 aliphatic carbocycles. The molecule has 0 saturated heterocycles. The van der Waals surface area contributed by atoms with Crippen LogP contribution in [0.3, 0.4) is 0 Å². The SMILES string of the molecule is ClC1=C=C(Cl)C2=CC=CC=C[C]12.[Cl-].[Zn]. The summed E-state index contributed by atoms with van der Waals surface area (Å²) in [5, 5.41) is 1.18. The summed E-state index contributed by atoms with van der Waals surface area (Å²) in [6, 6.07) is 0. The third-order valence-electron chi connectivity index (χ3n) is 1.73. The molecule has 0 aromatic carbocycles. The standard InChI is InChI=1S/C10H5Cl2.ClH.Zn/c11-9-6-10(12)8-5-3-1-2-4-7(8)9;;/h1-5H;1H;/p-1. The number of allylic oxidation sites excluding steroid dienone is 7. The van der Waals surface area contributed by atoms with Crippen molar-refractivity contribution in [3.63, 3.8) is 0 Å². The van der Waals surface area contributed by atoms with Crippen molar-refractivity contribution < 1.29 is 31.9 Å². The van der Waals surface area contributed by atoms with E-state index in [4.69, 9.17) is 23.2 Å². The quantitative estimate of drug-likeness (QED) is 0.450. The first-order valence-corrected chi connectivity index (χ1v) is 4.29. The normalized spacial score (nSPS) is 18.3. The van der Waals surface area contributed by atoms with Crippen LogP contribution in [0.5, 0.6) is 0 Å². The Morgan fingerprint density at radius 3 is 2.43 bits per heavy atom. The van der Waals surface area contributed by atoms with Crippen molar-refractivity contribution in [1.29, 1.82) is 0 Å². The second-order valence-electron chi connectivity index (χ2n) is 2.49. The van der Waals surface area contributed by atoms with Crippen molar-refractivity contribution in [2.24, 2.45) is 0 Å². The van der Waals surface area contributed by atoms with Gasteiger partial charge < -0.3 is 12.4 Å². The molecule has 0 heterocycles. The molecular formula is C10H5Cl3Zn-. The summed E-state index contributed by atoms with van der Waals surface area (Å²) >= 11 is 11.8. The summed E-state index contributed by atoms with van der Waals surface area (Å²) < 4.78 is 0. The Morgan fingerprint density at radius 1 is 1.00 bits per heavy atom. The average Bonchev–Trinajstić information content (AvgIpc) is 2.29. The predicted molar refractivity (Wildman–Crippen MR) is 51.9 cm³/mol. The molecule has 0 aliphatic heterocycles. The van der Waals surface area contributed by atoms with Gasteiger partial charge in [-0.15, -0.1) is 0 Å².